The van der Waals surface area contributed by atoms with Crippen LogP contribution < -0.4 is 4.90 Å². The van der Waals surface area contributed by atoms with Gasteiger partial charge in [0.1, 0.15) is 11.9 Å². The Morgan fingerprint density at radius 2 is 2.31 bits per heavy atom. The topological polar surface area (TPSA) is 44.1 Å². The van der Waals surface area contributed by atoms with E-state index in [9.17, 15) is 4.79 Å². The average molecular weight is 214 g/mol. The molecule has 0 bridgehead atoms. The van der Waals surface area contributed by atoms with Gasteiger partial charge < -0.3 is 4.90 Å². The number of fused-ring (bicyclic) bond motifs is 1. The van der Waals surface area contributed by atoms with Gasteiger partial charge in [0.15, 0.2) is 0 Å². The van der Waals surface area contributed by atoms with Gasteiger partial charge in [0, 0.05) is 20.0 Å². The first-order valence-corrected chi connectivity index (χ1v) is 5.38. The van der Waals surface area contributed by atoms with E-state index in [4.69, 9.17) is 5.26 Å². The number of carbonyl (C=O) groups is 1. The van der Waals surface area contributed by atoms with Crippen molar-refractivity contribution in [1.29, 1.82) is 5.26 Å². The van der Waals surface area contributed by atoms with Gasteiger partial charge >= 0.3 is 0 Å². The van der Waals surface area contributed by atoms with Crippen molar-refractivity contribution in [1.82, 2.24) is 0 Å². The van der Waals surface area contributed by atoms with Crippen molar-refractivity contribution in [2.45, 2.75) is 19.8 Å². The summed E-state index contributed by atoms with van der Waals surface area (Å²) >= 11 is 0. The minimum absolute atomic E-state index is 0.134. The number of hydrogen-bond acceptors (Lipinski definition) is 3. The lowest BCUT2D eigenvalue weighted by molar-refractivity contribution is -0.116. The Morgan fingerprint density at radius 3 is 2.94 bits per heavy atom. The molecule has 1 aromatic rings. The number of nitriles is 1. The molecule has 0 N–H and O–H groups in total. The lowest BCUT2D eigenvalue weighted by Gasteiger charge is -2.14. The summed E-state index contributed by atoms with van der Waals surface area (Å²) in [6.07, 6.45) is 1.39. The van der Waals surface area contributed by atoms with Crippen LogP contribution in [-0.4, -0.2) is 19.4 Å². The highest BCUT2D eigenvalue weighted by Gasteiger charge is 2.20. The molecule has 3 heteroatoms. The molecular formula is C13H14N2O. The third-order valence-electron chi connectivity index (χ3n) is 2.92. The van der Waals surface area contributed by atoms with E-state index in [0.717, 1.165) is 24.2 Å². The molecule has 0 atom stereocenters. The standard InChI is InChI=1S/C13H14N2O/c1-9(16)5-10-6-11-3-4-15(2)13(11)12(7-10)8-14/h6-7H,3-5H2,1-2H3. The zero-order valence-corrected chi connectivity index (χ0v) is 9.58. The highest BCUT2D eigenvalue weighted by atomic mass is 16.1. The van der Waals surface area contributed by atoms with Crippen molar-refractivity contribution in [2.24, 2.45) is 0 Å². The Bertz CT molecular complexity index is 485. The first kappa shape index (κ1) is 10.7. The molecule has 1 aromatic carbocycles. The van der Waals surface area contributed by atoms with Crippen LogP contribution in [-0.2, 0) is 17.6 Å². The molecule has 0 radical (unpaired) electrons. The summed E-state index contributed by atoms with van der Waals surface area (Å²) < 4.78 is 0. The third-order valence-corrected chi connectivity index (χ3v) is 2.92. The quantitative estimate of drug-likeness (QED) is 0.752. The van der Waals surface area contributed by atoms with Gasteiger partial charge in [0.2, 0.25) is 0 Å². The number of Topliss-reactive ketones (excluding diaryl/α,β-unsaturated/α-hetero) is 1. The van der Waals surface area contributed by atoms with E-state index in [-0.39, 0.29) is 5.78 Å². The van der Waals surface area contributed by atoms with E-state index < -0.39 is 0 Å². The van der Waals surface area contributed by atoms with Crippen LogP contribution in [0.15, 0.2) is 12.1 Å². The summed E-state index contributed by atoms with van der Waals surface area (Å²) in [5.74, 6) is 0.134. The molecule has 1 aliphatic heterocycles. The number of likely N-dealkylation sites (N-methyl/N-ethyl adjacent to an activating group) is 1. The van der Waals surface area contributed by atoms with Gasteiger partial charge in [-0.25, -0.2) is 0 Å². The Balaban J connectivity index is 2.48. The van der Waals surface area contributed by atoms with E-state index in [2.05, 4.69) is 17.0 Å². The third kappa shape index (κ3) is 1.79. The van der Waals surface area contributed by atoms with Crippen LogP contribution in [0.1, 0.15) is 23.6 Å². The molecule has 0 fully saturated rings. The normalized spacial score (nSPS) is 13.4. The molecule has 3 nitrogen and oxygen atoms in total. The van der Waals surface area contributed by atoms with Crippen LogP contribution in [0.4, 0.5) is 5.69 Å². The Kier molecular flexibility index (Phi) is 2.66. The van der Waals surface area contributed by atoms with Crippen LogP contribution in [0.25, 0.3) is 0 Å². The fourth-order valence-corrected chi connectivity index (χ4v) is 2.28. The van der Waals surface area contributed by atoms with E-state index in [0.29, 0.717) is 12.0 Å². The van der Waals surface area contributed by atoms with Crippen LogP contribution in [0.5, 0.6) is 0 Å². The fourth-order valence-electron chi connectivity index (χ4n) is 2.28. The van der Waals surface area contributed by atoms with Crippen molar-refractivity contribution >= 4 is 11.5 Å². The first-order chi connectivity index (χ1) is 7.61. The highest BCUT2D eigenvalue weighted by molar-refractivity contribution is 5.79. The Labute approximate surface area is 95.3 Å². The number of ketones is 1. The van der Waals surface area contributed by atoms with Gasteiger partial charge in [-0.1, -0.05) is 6.07 Å². The number of anilines is 1. The van der Waals surface area contributed by atoms with Gasteiger partial charge in [-0.3, -0.25) is 4.79 Å². The SMILES string of the molecule is CC(=O)Cc1cc(C#N)c2c(c1)CCN2C. The smallest absolute Gasteiger partial charge is 0.134 e. The number of benzene rings is 1. The van der Waals surface area contributed by atoms with Gasteiger partial charge in [-0.15, -0.1) is 0 Å². The second kappa shape index (κ2) is 3.97. The maximum absolute atomic E-state index is 11.1. The minimum Gasteiger partial charge on any atom is -0.373 e. The van der Waals surface area contributed by atoms with Crippen LogP contribution in [0, 0.1) is 11.3 Å². The molecule has 16 heavy (non-hydrogen) atoms. The van der Waals surface area contributed by atoms with Crippen molar-refractivity contribution in [3.8, 4) is 6.07 Å². The number of nitrogens with zero attached hydrogens (tertiary/aromatic N) is 2. The number of hydrogen-bond donors (Lipinski definition) is 0. The van der Waals surface area contributed by atoms with Gasteiger partial charge in [-0.05, 0) is 30.5 Å². The molecular weight excluding hydrogens is 200 g/mol. The zero-order valence-electron chi connectivity index (χ0n) is 9.58. The molecule has 0 unspecified atom stereocenters. The molecule has 0 saturated heterocycles. The molecule has 0 aliphatic carbocycles. The van der Waals surface area contributed by atoms with E-state index in [1.807, 2.05) is 13.1 Å². The number of rotatable bonds is 2. The molecule has 0 amide bonds. The summed E-state index contributed by atoms with van der Waals surface area (Å²) in [5.41, 5.74) is 3.87. The Hall–Kier alpha value is -1.82. The van der Waals surface area contributed by atoms with E-state index in [1.54, 1.807) is 6.92 Å². The highest BCUT2D eigenvalue weighted by Crippen LogP contribution is 2.31. The second-order valence-electron chi connectivity index (χ2n) is 4.31. The van der Waals surface area contributed by atoms with Gasteiger partial charge in [0.05, 0.1) is 11.3 Å². The lowest BCUT2D eigenvalue weighted by atomic mass is 10.0. The van der Waals surface area contributed by atoms with Crippen molar-refractivity contribution < 1.29 is 4.79 Å². The Morgan fingerprint density at radius 1 is 1.56 bits per heavy atom. The summed E-state index contributed by atoms with van der Waals surface area (Å²) in [6, 6.07) is 6.11. The molecule has 82 valence electrons. The molecule has 1 aliphatic rings. The monoisotopic (exact) mass is 214 g/mol. The lowest BCUT2D eigenvalue weighted by Crippen LogP contribution is -2.13. The molecule has 0 saturated carbocycles. The first-order valence-electron chi connectivity index (χ1n) is 5.38. The van der Waals surface area contributed by atoms with Crippen LogP contribution >= 0.6 is 0 Å². The predicted molar refractivity (Wildman–Crippen MR) is 62.5 cm³/mol. The largest absolute Gasteiger partial charge is 0.373 e. The molecule has 0 aromatic heterocycles. The average Bonchev–Trinajstić information content (AvgIpc) is 2.58. The fraction of sp³-hybridized carbons (Fsp3) is 0.385. The van der Waals surface area contributed by atoms with E-state index >= 15 is 0 Å². The minimum atomic E-state index is 0.134. The van der Waals surface area contributed by atoms with Gasteiger partial charge in [-0.2, -0.15) is 5.26 Å². The van der Waals surface area contributed by atoms with E-state index in [1.165, 1.54) is 5.56 Å². The zero-order chi connectivity index (χ0) is 11.7. The molecule has 0 spiro atoms. The summed E-state index contributed by atoms with van der Waals surface area (Å²) in [5, 5.41) is 9.12. The molecule has 1 heterocycles. The summed E-state index contributed by atoms with van der Waals surface area (Å²) in [6.45, 7) is 2.53. The maximum atomic E-state index is 11.1. The van der Waals surface area contributed by atoms with Crippen molar-refractivity contribution in [3.05, 3.63) is 28.8 Å². The predicted octanol–water partition coefficient (Wildman–Crippen LogP) is 1.68. The summed E-state index contributed by atoms with van der Waals surface area (Å²) in [7, 11) is 2.00. The van der Waals surface area contributed by atoms with Gasteiger partial charge in [0.25, 0.3) is 0 Å². The second-order valence-corrected chi connectivity index (χ2v) is 4.31. The maximum Gasteiger partial charge on any atom is 0.134 e. The summed E-state index contributed by atoms with van der Waals surface area (Å²) in [4.78, 5) is 13.2. The number of carbonyl (C=O) groups excluding carboxylic acids is 1. The van der Waals surface area contributed by atoms with Crippen LogP contribution in [0.3, 0.4) is 0 Å². The van der Waals surface area contributed by atoms with Crippen molar-refractivity contribution in [2.75, 3.05) is 18.5 Å². The molecule has 2 rings (SSSR count). The van der Waals surface area contributed by atoms with Crippen molar-refractivity contribution in [3.63, 3.8) is 0 Å². The van der Waals surface area contributed by atoms with Crippen LogP contribution in [0.2, 0.25) is 0 Å².